The van der Waals surface area contributed by atoms with Gasteiger partial charge in [0.15, 0.2) is 11.6 Å². The maximum atomic E-state index is 14.2. The number of pyridine rings is 1. The van der Waals surface area contributed by atoms with Gasteiger partial charge in [-0.2, -0.15) is 5.26 Å². The first-order chi connectivity index (χ1) is 20.8. The fraction of sp³-hybridized carbons (Fsp3) is 0.433. The molecule has 1 saturated heterocycles. The maximum absolute atomic E-state index is 14.2. The lowest BCUT2D eigenvalue weighted by Gasteiger charge is -2.34. The number of halogens is 2. The number of carbonyl (C=O) groups is 3. The third-order valence-electron chi connectivity index (χ3n) is 7.38. The second kappa shape index (κ2) is 15.2. The predicted molar refractivity (Wildman–Crippen MR) is 150 cm³/mol. The van der Waals surface area contributed by atoms with Crippen LogP contribution in [0.1, 0.15) is 55.3 Å². The SMILES string of the molecule is COCN(C(=O)CCCN1CCC(c2ccccn2)CC1)C1=C(C(=O)OCCC#N)C(c2ccc(F)c(F)c2)NC(=O)N1. The standard InChI is InChI=1S/C30H34F2N6O5/c1-42-19-38(25(39)7-4-14-37-15-10-20(11-16-37)24-6-2-3-13-34-24)28-26(29(40)43-17-5-12-33)27(35-30(41)36-28)21-8-9-22(31)23(32)18-21/h2-3,6,8-9,13,18,20,27H,4-5,7,10-11,14-17,19H2,1H3,(H2,35,36,41). The monoisotopic (exact) mass is 596 g/mol. The highest BCUT2D eigenvalue weighted by Crippen LogP contribution is 2.31. The van der Waals surface area contributed by atoms with E-state index in [9.17, 15) is 23.2 Å². The van der Waals surface area contributed by atoms with Crippen LogP contribution in [0.2, 0.25) is 0 Å². The fourth-order valence-corrected chi connectivity index (χ4v) is 5.24. The summed E-state index contributed by atoms with van der Waals surface area (Å²) >= 11 is 0. The minimum atomic E-state index is -1.28. The molecule has 43 heavy (non-hydrogen) atoms. The van der Waals surface area contributed by atoms with Crippen molar-refractivity contribution >= 4 is 17.9 Å². The van der Waals surface area contributed by atoms with E-state index in [1.54, 1.807) is 6.20 Å². The molecule has 3 heterocycles. The van der Waals surface area contributed by atoms with Gasteiger partial charge in [-0.05, 0) is 68.7 Å². The second-order valence-corrected chi connectivity index (χ2v) is 10.2. The van der Waals surface area contributed by atoms with E-state index >= 15 is 0 Å². The maximum Gasteiger partial charge on any atom is 0.340 e. The lowest BCUT2D eigenvalue weighted by Crippen LogP contribution is -2.52. The van der Waals surface area contributed by atoms with Crippen molar-refractivity contribution in [3.05, 3.63) is 76.9 Å². The Morgan fingerprint density at radius 3 is 2.65 bits per heavy atom. The zero-order valence-corrected chi connectivity index (χ0v) is 23.9. The summed E-state index contributed by atoms with van der Waals surface area (Å²) in [5.74, 6) is -3.45. The molecule has 2 N–H and O–H groups in total. The van der Waals surface area contributed by atoms with Gasteiger partial charge in [-0.1, -0.05) is 12.1 Å². The molecular weight excluding hydrogens is 562 g/mol. The topological polar surface area (TPSA) is 137 Å². The van der Waals surface area contributed by atoms with Crippen LogP contribution >= 0.6 is 0 Å². The Balaban J connectivity index is 1.50. The first kappa shape index (κ1) is 31.5. The number of hydrogen-bond donors (Lipinski definition) is 2. The van der Waals surface area contributed by atoms with Crippen LogP contribution in [0.4, 0.5) is 13.6 Å². The van der Waals surface area contributed by atoms with E-state index in [0.717, 1.165) is 48.7 Å². The molecule has 0 saturated carbocycles. The number of esters is 1. The predicted octanol–water partition coefficient (Wildman–Crippen LogP) is 3.47. The third kappa shape index (κ3) is 8.12. The van der Waals surface area contributed by atoms with Gasteiger partial charge in [-0.25, -0.2) is 18.4 Å². The van der Waals surface area contributed by atoms with Crippen molar-refractivity contribution in [3.63, 3.8) is 0 Å². The molecule has 2 aliphatic rings. The number of aromatic nitrogens is 1. The highest BCUT2D eigenvalue weighted by Gasteiger charge is 2.38. The quantitative estimate of drug-likeness (QED) is 0.216. The van der Waals surface area contributed by atoms with Crippen molar-refractivity contribution in [2.45, 2.75) is 44.1 Å². The first-order valence-corrected chi connectivity index (χ1v) is 14.1. The highest BCUT2D eigenvalue weighted by atomic mass is 19.2. The minimum Gasteiger partial charge on any atom is -0.461 e. The Kier molecular flexibility index (Phi) is 11.1. The molecule has 0 spiro atoms. The van der Waals surface area contributed by atoms with Crippen LogP contribution in [-0.2, 0) is 19.1 Å². The van der Waals surface area contributed by atoms with Crippen molar-refractivity contribution in [3.8, 4) is 6.07 Å². The highest BCUT2D eigenvalue weighted by molar-refractivity contribution is 5.96. The molecule has 1 atom stereocenters. The van der Waals surface area contributed by atoms with Crippen LogP contribution in [0.5, 0.6) is 0 Å². The van der Waals surface area contributed by atoms with E-state index in [1.807, 2.05) is 24.3 Å². The number of urea groups is 1. The minimum absolute atomic E-state index is 0.0532. The molecule has 2 aliphatic heterocycles. The van der Waals surface area contributed by atoms with E-state index in [4.69, 9.17) is 14.7 Å². The fourth-order valence-electron chi connectivity index (χ4n) is 5.24. The zero-order valence-electron chi connectivity index (χ0n) is 23.9. The van der Waals surface area contributed by atoms with E-state index in [-0.39, 0.29) is 43.1 Å². The van der Waals surface area contributed by atoms with Crippen LogP contribution in [0, 0.1) is 23.0 Å². The molecule has 3 amide bonds. The van der Waals surface area contributed by atoms with Gasteiger partial charge in [0, 0.05) is 31.3 Å². The van der Waals surface area contributed by atoms with Crippen LogP contribution in [0.25, 0.3) is 0 Å². The Hall–Kier alpha value is -4.41. The number of likely N-dealkylation sites (tertiary alicyclic amines) is 1. The first-order valence-electron chi connectivity index (χ1n) is 14.1. The molecule has 0 aliphatic carbocycles. The normalized spacial score (nSPS) is 17.5. The lowest BCUT2D eigenvalue weighted by atomic mass is 9.93. The van der Waals surface area contributed by atoms with Gasteiger partial charge in [0.2, 0.25) is 5.91 Å². The van der Waals surface area contributed by atoms with Crippen molar-refractivity contribution in [1.29, 1.82) is 5.26 Å². The Labute approximate surface area is 248 Å². The lowest BCUT2D eigenvalue weighted by molar-refractivity contribution is -0.139. The van der Waals surface area contributed by atoms with E-state index in [1.165, 1.54) is 13.2 Å². The molecule has 13 heteroatoms. The molecular formula is C30H34F2N6O5. The van der Waals surface area contributed by atoms with Gasteiger partial charge in [-0.3, -0.25) is 20.0 Å². The molecule has 0 bridgehead atoms. The average Bonchev–Trinajstić information content (AvgIpc) is 3.01. The van der Waals surface area contributed by atoms with Gasteiger partial charge >= 0.3 is 12.0 Å². The summed E-state index contributed by atoms with van der Waals surface area (Å²) in [7, 11) is 1.35. The zero-order chi connectivity index (χ0) is 30.8. The van der Waals surface area contributed by atoms with Crippen molar-refractivity contribution < 1.29 is 32.6 Å². The van der Waals surface area contributed by atoms with Gasteiger partial charge in [0.1, 0.15) is 24.7 Å². The summed E-state index contributed by atoms with van der Waals surface area (Å²) < 4.78 is 38.3. The number of ether oxygens (including phenoxy) is 2. The average molecular weight is 597 g/mol. The Morgan fingerprint density at radius 2 is 1.98 bits per heavy atom. The number of benzene rings is 1. The number of piperidine rings is 1. The van der Waals surface area contributed by atoms with Crippen LogP contribution in [0.15, 0.2) is 54.0 Å². The summed E-state index contributed by atoms with van der Waals surface area (Å²) in [6.45, 7) is 1.87. The number of hydrogen-bond acceptors (Lipinski definition) is 8. The molecule has 0 radical (unpaired) electrons. The molecule has 4 rings (SSSR count). The number of amides is 3. The van der Waals surface area contributed by atoms with Gasteiger partial charge in [0.05, 0.1) is 18.5 Å². The Morgan fingerprint density at radius 1 is 1.19 bits per heavy atom. The third-order valence-corrected chi connectivity index (χ3v) is 7.38. The molecule has 2 aromatic rings. The number of nitrogens with one attached hydrogen (secondary N) is 2. The smallest absolute Gasteiger partial charge is 0.340 e. The van der Waals surface area contributed by atoms with Crippen LogP contribution in [0.3, 0.4) is 0 Å². The van der Waals surface area contributed by atoms with Gasteiger partial charge in [-0.15, -0.1) is 0 Å². The molecule has 1 unspecified atom stereocenters. The van der Waals surface area contributed by atoms with E-state index in [2.05, 4.69) is 20.5 Å². The van der Waals surface area contributed by atoms with Gasteiger partial charge < -0.3 is 19.7 Å². The van der Waals surface area contributed by atoms with Crippen molar-refractivity contribution in [2.75, 3.05) is 40.1 Å². The summed E-state index contributed by atoms with van der Waals surface area (Å²) in [6.07, 6.45) is 4.25. The summed E-state index contributed by atoms with van der Waals surface area (Å²) in [5, 5.41) is 13.9. The summed E-state index contributed by atoms with van der Waals surface area (Å²) in [5.41, 5.74) is 0.927. The van der Waals surface area contributed by atoms with Crippen molar-refractivity contribution in [1.82, 2.24) is 25.4 Å². The molecule has 11 nitrogen and oxygen atoms in total. The van der Waals surface area contributed by atoms with E-state index in [0.29, 0.717) is 18.9 Å². The van der Waals surface area contributed by atoms with Crippen LogP contribution < -0.4 is 10.6 Å². The van der Waals surface area contributed by atoms with Crippen LogP contribution in [-0.4, -0.2) is 72.8 Å². The molecule has 228 valence electrons. The number of carbonyl (C=O) groups excluding carboxylic acids is 3. The number of nitriles is 1. The number of rotatable bonds is 12. The van der Waals surface area contributed by atoms with E-state index < -0.39 is 35.6 Å². The number of nitrogens with zero attached hydrogens (tertiary/aromatic N) is 4. The molecule has 1 fully saturated rings. The largest absolute Gasteiger partial charge is 0.461 e. The summed E-state index contributed by atoms with van der Waals surface area (Å²) in [6, 6.07) is 8.68. The second-order valence-electron chi connectivity index (χ2n) is 10.2. The molecule has 1 aromatic carbocycles. The van der Waals surface area contributed by atoms with Gasteiger partial charge in [0.25, 0.3) is 0 Å². The van der Waals surface area contributed by atoms with Crippen molar-refractivity contribution in [2.24, 2.45) is 0 Å². The number of methoxy groups -OCH3 is 1. The summed E-state index contributed by atoms with van der Waals surface area (Å²) in [4.78, 5) is 47.4. The Bertz CT molecular complexity index is 1370. The molecule has 1 aromatic heterocycles.